The van der Waals surface area contributed by atoms with Crippen LogP contribution < -0.4 is 5.32 Å². The summed E-state index contributed by atoms with van der Waals surface area (Å²) < 4.78 is 5.42. The molecule has 0 radical (unpaired) electrons. The van der Waals surface area contributed by atoms with Crippen LogP contribution in [0.5, 0.6) is 0 Å². The molecule has 0 aliphatic carbocycles. The molecule has 7 nitrogen and oxygen atoms in total. The molecule has 0 bridgehead atoms. The average molecular weight is 313 g/mol. The van der Waals surface area contributed by atoms with Crippen LogP contribution in [0.2, 0.25) is 0 Å². The van der Waals surface area contributed by atoms with E-state index in [1.807, 2.05) is 30.3 Å². The van der Waals surface area contributed by atoms with Gasteiger partial charge >= 0.3 is 11.9 Å². The van der Waals surface area contributed by atoms with Crippen LogP contribution in [0.3, 0.4) is 0 Å². The van der Waals surface area contributed by atoms with Crippen molar-refractivity contribution >= 4 is 11.9 Å². The number of aliphatic hydroxyl groups is 1. The van der Waals surface area contributed by atoms with Crippen LogP contribution in [0.15, 0.2) is 30.3 Å². The molecule has 1 aromatic rings. The monoisotopic (exact) mass is 313 g/mol. The maximum absolute atomic E-state index is 9.59. The number of hydrogen-bond donors (Lipinski definition) is 4. The largest absolute Gasteiger partial charge is 0.473 e. The van der Waals surface area contributed by atoms with Crippen molar-refractivity contribution in [3.05, 3.63) is 35.9 Å². The minimum atomic E-state index is -1.82. The van der Waals surface area contributed by atoms with Gasteiger partial charge in [-0.1, -0.05) is 44.2 Å². The smallest absolute Gasteiger partial charge is 0.414 e. The van der Waals surface area contributed by atoms with Crippen LogP contribution >= 0.6 is 0 Å². The molecule has 0 amide bonds. The van der Waals surface area contributed by atoms with E-state index in [-0.39, 0.29) is 0 Å². The molecule has 1 aromatic carbocycles. The second kappa shape index (κ2) is 11.7. The summed E-state index contributed by atoms with van der Waals surface area (Å²) in [6.07, 6.45) is -0.439. The minimum Gasteiger partial charge on any atom is -0.473 e. The predicted octanol–water partition coefficient (Wildman–Crippen LogP) is 0.718. The van der Waals surface area contributed by atoms with Crippen LogP contribution in [0.25, 0.3) is 0 Å². The third kappa shape index (κ3) is 11.8. The molecule has 7 heteroatoms. The van der Waals surface area contributed by atoms with Crippen molar-refractivity contribution in [2.75, 3.05) is 13.2 Å². The second-order valence-corrected chi connectivity index (χ2v) is 4.83. The molecule has 124 valence electrons. The summed E-state index contributed by atoms with van der Waals surface area (Å²) in [6, 6.07) is 10.4. The van der Waals surface area contributed by atoms with Crippen molar-refractivity contribution in [2.45, 2.75) is 32.6 Å². The number of aliphatic hydroxyl groups excluding tert-OH is 1. The third-order valence-electron chi connectivity index (χ3n) is 2.37. The summed E-state index contributed by atoms with van der Waals surface area (Å²) in [5, 5.41) is 27.5. The Hall–Kier alpha value is -1.96. The summed E-state index contributed by atoms with van der Waals surface area (Å²) in [4.78, 5) is 18.2. The summed E-state index contributed by atoms with van der Waals surface area (Å²) in [7, 11) is 0. The molecule has 0 spiro atoms. The van der Waals surface area contributed by atoms with E-state index >= 15 is 0 Å². The van der Waals surface area contributed by atoms with Gasteiger partial charge in [0.2, 0.25) is 0 Å². The van der Waals surface area contributed by atoms with Gasteiger partial charge in [0.25, 0.3) is 0 Å². The Balaban J connectivity index is 0.000000626. The van der Waals surface area contributed by atoms with E-state index in [1.54, 1.807) is 0 Å². The lowest BCUT2D eigenvalue weighted by molar-refractivity contribution is -0.159. The van der Waals surface area contributed by atoms with Gasteiger partial charge in [0.15, 0.2) is 0 Å². The molecule has 22 heavy (non-hydrogen) atoms. The summed E-state index contributed by atoms with van der Waals surface area (Å²) in [5.41, 5.74) is 1.13. The number of hydrogen-bond acceptors (Lipinski definition) is 5. The van der Waals surface area contributed by atoms with Crippen LogP contribution in [-0.4, -0.2) is 52.6 Å². The highest BCUT2D eigenvalue weighted by molar-refractivity contribution is 6.27. The van der Waals surface area contributed by atoms with E-state index in [9.17, 15) is 5.11 Å². The van der Waals surface area contributed by atoms with Gasteiger partial charge in [0.05, 0.1) is 19.3 Å². The maximum Gasteiger partial charge on any atom is 0.414 e. The lowest BCUT2D eigenvalue weighted by Crippen LogP contribution is -2.34. The van der Waals surface area contributed by atoms with E-state index in [1.165, 1.54) is 0 Å². The number of nitrogens with one attached hydrogen (secondary N) is 1. The quantitative estimate of drug-likeness (QED) is 0.548. The fraction of sp³-hybridized carbons (Fsp3) is 0.467. The van der Waals surface area contributed by atoms with Crippen molar-refractivity contribution in [1.29, 1.82) is 0 Å². The van der Waals surface area contributed by atoms with Crippen LogP contribution in [-0.2, 0) is 20.9 Å². The third-order valence-corrected chi connectivity index (χ3v) is 2.37. The molecule has 0 saturated carbocycles. The number of rotatable bonds is 7. The second-order valence-electron chi connectivity index (χ2n) is 4.83. The molecule has 0 saturated heterocycles. The highest BCUT2D eigenvalue weighted by Gasteiger charge is 2.05. The summed E-state index contributed by atoms with van der Waals surface area (Å²) >= 11 is 0. The van der Waals surface area contributed by atoms with Gasteiger partial charge in [0, 0.05) is 12.6 Å². The van der Waals surface area contributed by atoms with Crippen molar-refractivity contribution in [3.63, 3.8) is 0 Å². The molecule has 0 aromatic heterocycles. The van der Waals surface area contributed by atoms with Gasteiger partial charge in [-0.25, -0.2) is 9.59 Å². The normalized spacial score (nSPS) is 11.5. The molecular weight excluding hydrogens is 290 g/mol. The first-order valence-corrected chi connectivity index (χ1v) is 6.82. The van der Waals surface area contributed by atoms with Gasteiger partial charge in [-0.05, 0) is 5.56 Å². The first-order valence-electron chi connectivity index (χ1n) is 6.82. The zero-order chi connectivity index (χ0) is 17.0. The summed E-state index contributed by atoms with van der Waals surface area (Å²) in [6.45, 7) is 5.61. The number of aliphatic carboxylic acids is 2. The minimum absolute atomic E-state index is 0.370. The lowest BCUT2D eigenvalue weighted by Gasteiger charge is -2.14. The SMILES string of the molecule is CC(C)NCC(O)COCc1ccccc1.O=C(O)C(=O)O. The number of carbonyl (C=O) groups is 2. The predicted molar refractivity (Wildman–Crippen MR) is 80.5 cm³/mol. The number of carboxylic acid groups (broad SMARTS) is 2. The van der Waals surface area contributed by atoms with E-state index < -0.39 is 18.0 Å². The van der Waals surface area contributed by atoms with Gasteiger partial charge < -0.3 is 25.4 Å². The Morgan fingerprint density at radius 3 is 2.14 bits per heavy atom. The van der Waals surface area contributed by atoms with Gasteiger partial charge in [0.1, 0.15) is 0 Å². The van der Waals surface area contributed by atoms with Crippen LogP contribution in [0.1, 0.15) is 19.4 Å². The van der Waals surface area contributed by atoms with Crippen molar-refractivity contribution in [2.24, 2.45) is 0 Å². The number of carboxylic acids is 2. The Kier molecular flexibility index (Phi) is 10.6. The Bertz CT molecular complexity index is 423. The highest BCUT2D eigenvalue weighted by Crippen LogP contribution is 2.00. The van der Waals surface area contributed by atoms with E-state index in [0.29, 0.717) is 25.8 Å². The van der Waals surface area contributed by atoms with E-state index in [4.69, 9.17) is 24.5 Å². The molecule has 1 unspecified atom stereocenters. The molecule has 0 aliphatic rings. The number of benzene rings is 1. The average Bonchev–Trinajstić information content (AvgIpc) is 2.47. The van der Waals surface area contributed by atoms with Gasteiger partial charge in [-0.2, -0.15) is 0 Å². The van der Waals surface area contributed by atoms with Crippen LogP contribution in [0, 0.1) is 0 Å². The van der Waals surface area contributed by atoms with Gasteiger partial charge in [-0.15, -0.1) is 0 Å². The zero-order valence-electron chi connectivity index (χ0n) is 12.7. The highest BCUT2D eigenvalue weighted by atomic mass is 16.5. The van der Waals surface area contributed by atoms with E-state index in [2.05, 4.69) is 19.2 Å². The first-order chi connectivity index (χ1) is 10.3. The lowest BCUT2D eigenvalue weighted by atomic mass is 10.2. The first kappa shape index (κ1) is 20.0. The van der Waals surface area contributed by atoms with Crippen molar-refractivity contribution in [1.82, 2.24) is 5.32 Å². The molecule has 0 aliphatic heterocycles. The molecule has 1 rings (SSSR count). The molecule has 0 fully saturated rings. The molecule has 1 atom stereocenters. The van der Waals surface area contributed by atoms with E-state index in [0.717, 1.165) is 5.56 Å². The molecular formula is C15H23NO6. The van der Waals surface area contributed by atoms with Crippen LogP contribution in [0.4, 0.5) is 0 Å². The fourth-order valence-electron chi connectivity index (χ4n) is 1.32. The maximum atomic E-state index is 9.59. The topological polar surface area (TPSA) is 116 Å². The van der Waals surface area contributed by atoms with Crippen molar-refractivity contribution in [3.8, 4) is 0 Å². The summed E-state index contributed by atoms with van der Waals surface area (Å²) in [5.74, 6) is -3.65. The standard InChI is InChI=1S/C13H21NO2.C2H2O4/c1-11(2)14-8-13(15)10-16-9-12-6-4-3-5-7-12;3-1(4)2(5)6/h3-7,11,13-15H,8-10H2,1-2H3;(H,3,4)(H,5,6). The Morgan fingerprint density at radius 2 is 1.68 bits per heavy atom. The van der Waals surface area contributed by atoms with Crippen molar-refractivity contribution < 1.29 is 29.6 Å². The van der Waals surface area contributed by atoms with Gasteiger partial charge in [-0.3, -0.25) is 0 Å². The Labute approximate surface area is 129 Å². The Morgan fingerprint density at radius 1 is 1.14 bits per heavy atom. The molecule has 4 N–H and O–H groups in total. The number of ether oxygens (including phenoxy) is 1. The zero-order valence-corrected chi connectivity index (χ0v) is 12.7. The molecule has 0 heterocycles. The fourth-order valence-corrected chi connectivity index (χ4v) is 1.32.